The molecule has 0 radical (unpaired) electrons. The molecule has 3 nitrogen and oxygen atoms in total. The second-order valence-electron chi connectivity index (χ2n) is 5.46. The van der Waals surface area contributed by atoms with Crippen LogP contribution in [-0.4, -0.2) is 26.2 Å². The van der Waals surface area contributed by atoms with Crippen LogP contribution < -0.4 is 15.0 Å². The summed E-state index contributed by atoms with van der Waals surface area (Å²) in [6.07, 6.45) is 1.14. The molecule has 0 saturated heterocycles. The van der Waals surface area contributed by atoms with Crippen LogP contribution in [0.5, 0.6) is 5.75 Å². The zero-order valence-electron chi connectivity index (χ0n) is 13.9. The highest BCUT2D eigenvalue weighted by Crippen LogP contribution is 2.35. The fraction of sp³-hybridized carbons (Fsp3) is 0.647. The van der Waals surface area contributed by atoms with Crippen molar-refractivity contribution in [1.82, 2.24) is 5.32 Å². The summed E-state index contributed by atoms with van der Waals surface area (Å²) in [6.45, 7) is 13.1. The van der Waals surface area contributed by atoms with E-state index in [0.717, 1.165) is 25.3 Å². The Morgan fingerprint density at radius 3 is 2.40 bits per heavy atom. The van der Waals surface area contributed by atoms with Crippen molar-refractivity contribution in [3.05, 3.63) is 23.8 Å². The SMILES string of the molecule is CCCN(c1cccc(OC)c1C(C)NCC)C(C)C. The van der Waals surface area contributed by atoms with Gasteiger partial charge in [0.15, 0.2) is 0 Å². The van der Waals surface area contributed by atoms with Crippen LogP contribution in [0.1, 0.15) is 52.6 Å². The molecule has 1 aromatic carbocycles. The van der Waals surface area contributed by atoms with E-state index in [1.807, 2.05) is 0 Å². The summed E-state index contributed by atoms with van der Waals surface area (Å²) in [5, 5.41) is 3.51. The van der Waals surface area contributed by atoms with Crippen molar-refractivity contribution in [2.24, 2.45) is 0 Å². The van der Waals surface area contributed by atoms with Gasteiger partial charge in [-0.25, -0.2) is 0 Å². The van der Waals surface area contributed by atoms with Crippen LogP contribution in [0.25, 0.3) is 0 Å². The van der Waals surface area contributed by atoms with E-state index in [9.17, 15) is 0 Å². The molecule has 0 heterocycles. The molecule has 1 N–H and O–H groups in total. The lowest BCUT2D eigenvalue weighted by molar-refractivity contribution is 0.402. The lowest BCUT2D eigenvalue weighted by Crippen LogP contribution is -2.33. The molecule has 0 amide bonds. The van der Waals surface area contributed by atoms with E-state index in [4.69, 9.17) is 4.74 Å². The largest absolute Gasteiger partial charge is 0.496 e. The monoisotopic (exact) mass is 278 g/mol. The zero-order chi connectivity index (χ0) is 15.1. The molecular formula is C17H30N2O. The van der Waals surface area contributed by atoms with E-state index < -0.39 is 0 Å². The van der Waals surface area contributed by atoms with E-state index in [0.29, 0.717) is 6.04 Å². The molecule has 114 valence electrons. The highest BCUT2D eigenvalue weighted by atomic mass is 16.5. The summed E-state index contributed by atoms with van der Waals surface area (Å²) in [7, 11) is 1.75. The topological polar surface area (TPSA) is 24.5 Å². The van der Waals surface area contributed by atoms with Gasteiger partial charge in [0.2, 0.25) is 0 Å². The Hall–Kier alpha value is -1.22. The maximum Gasteiger partial charge on any atom is 0.125 e. The molecule has 0 aliphatic rings. The Kier molecular flexibility index (Phi) is 6.86. The second-order valence-corrected chi connectivity index (χ2v) is 5.46. The molecule has 1 unspecified atom stereocenters. The Bertz CT molecular complexity index is 404. The van der Waals surface area contributed by atoms with E-state index in [2.05, 4.69) is 63.0 Å². The van der Waals surface area contributed by atoms with Crippen LogP contribution in [0.3, 0.4) is 0 Å². The summed E-state index contributed by atoms with van der Waals surface area (Å²) in [5.41, 5.74) is 2.55. The van der Waals surface area contributed by atoms with Gasteiger partial charge in [0, 0.05) is 29.9 Å². The third kappa shape index (κ3) is 3.89. The standard InChI is InChI=1S/C17H30N2O/c1-7-12-19(13(3)4)15-10-9-11-16(20-6)17(15)14(5)18-8-2/h9-11,13-14,18H,7-8,12H2,1-6H3. The van der Waals surface area contributed by atoms with Crippen LogP contribution in [0.4, 0.5) is 5.69 Å². The molecule has 1 rings (SSSR count). The molecular weight excluding hydrogens is 248 g/mol. The third-order valence-electron chi connectivity index (χ3n) is 3.60. The van der Waals surface area contributed by atoms with E-state index >= 15 is 0 Å². The molecule has 0 bridgehead atoms. The fourth-order valence-corrected chi connectivity index (χ4v) is 2.70. The van der Waals surface area contributed by atoms with Crippen LogP contribution in [0.2, 0.25) is 0 Å². The minimum atomic E-state index is 0.282. The summed E-state index contributed by atoms with van der Waals surface area (Å²) in [5.74, 6) is 0.970. The highest BCUT2D eigenvalue weighted by Gasteiger charge is 2.20. The van der Waals surface area contributed by atoms with E-state index in [-0.39, 0.29) is 6.04 Å². The Balaban J connectivity index is 3.28. The smallest absolute Gasteiger partial charge is 0.125 e. The van der Waals surface area contributed by atoms with Crippen LogP contribution in [0, 0.1) is 0 Å². The van der Waals surface area contributed by atoms with Crippen LogP contribution in [-0.2, 0) is 0 Å². The molecule has 3 heteroatoms. The molecule has 20 heavy (non-hydrogen) atoms. The molecule has 0 aliphatic heterocycles. The van der Waals surface area contributed by atoms with Crippen molar-refractivity contribution < 1.29 is 4.74 Å². The van der Waals surface area contributed by atoms with Crippen molar-refractivity contribution in [1.29, 1.82) is 0 Å². The Morgan fingerprint density at radius 1 is 1.20 bits per heavy atom. The van der Waals surface area contributed by atoms with Gasteiger partial charge < -0.3 is 15.0 Å². The van der Waals surface area contributed by atoms with Gasteiger partial charge in [0.05, 0.1) is 7.11 Å². The first-order valence-corrected chi connectivity index (χ1v) is 7.73. The number of hydrogen-bond acceptors (Lipinski definition) is 3. The molecule has 0 aliphatic carbocycles. The van der Waals surface area contributed by atoms with Gasteiger partial charge in [-0.05, 0) is 45.9 Å². The summed E-state index contributed by atoms with van der Waals surface area (Å²) in [6, 6.07) is 7.11. The third-order valence-corrected chi connectivity index (χ3v) is 3.60. The Morgan fingerprint density at radius 2 is 1.90 bits per heavy atom. The fourth-order valence-electron chi connectivity index (χ4n) is 2.70. The van der Waals surface area contributed by atoms with Crippen LogP contribution in [0.15, 0.2) is 18.2 Å². The molecule has 1 atom stereocenters. The number of benzene rings is 1. The summed E-state index contributed by atoms with van der Waals surface area (Å²) >= 11 is 0. The first-order valence-electron chi connectivity index (χ1n) is 7.73. The summed E-state index contributed by atoms with van der Waals surface area (Å²) in [4.78, 5) is 2.46. The van der Waals surface area contributed by atoms with Gasteiger partial charge in [-0.3, -0.25) is 0 Å². The minimum Gasteiger partial charge on any atom is -0.496 e. The molecule has 0 spiro atoms. The molecule has 0 aromatic heterocycles. The predicted molar refractivity (Wildman–Crippen MR) is 87.9 cm³/mol. The predicted octanol–water partition coefficient (Wildman–Crippen LogP) is 3.99. The average molecular weight is 278 g/mol. The number of ether oxygens (including phenoxy) is 1. The van der Waals surface area contributed by atoms with Crippen LogP contribution >= 0.6 is 0 Å². The zero-order valence-corrected chi connectivity index (χ0v) is 13.9. The van der Waals surface area contributed by atoms with E-state index in [1.165, 1.54) is 11.3 Å². The Labute approximate surface area is 124 Å². The molecule has 1 aromatic rings. The number of rotatable bonds is 8. The summed E-state index contributed by atoms with van der Waals surface area (Å²) < 4.78 is 5.59. The lowest BCUT2D eigenvalue weighted by atomic mass is 10.0. The van der Waals surface area contributed by atoms with Crippen molar-refractivity contribution >= 4 is 5.69 Å². The number of nitrogens with zero attached hydrogens (tertiary/aromatic N) is 1. The normalized spacial score (nSPS) is 12.6. The minimum absolute atomic E-state index is 0.282. The first-order chi connectivity index (χ1) is 9.56. The van der Waals surface area contributed by atoms with Gasteiger partial charge in [-0.2, -0.15) is 0 Å². The number of methoxy groups -OCH3 is 1. The maximum atomic E-state index is 5.59. The van der Waals surface area contributed by atoms with Crippen molar-refractivity contribution in [3.8, 4) is 5.75 Å². The van der Waals surface area contributed by atoms with Crippen molar-refractivity contribution in [2.75, 3.05) is 25.1 Å². The van der Waals surface area contributed by atoms with Crippen molar-refractivity contribution in [3.63, 3.8) is 0 Å². The number of hydrogen-bond donors (Lipinski definition) is 1. The number of nitrogens with one attached hydrogen (secondary N) is 1. The maximum absolute atomic E-state index is 5.59. The quantitative estimate of drug-likeness (QED) is 0.778. The van der Waals surface area contributed by atoms with Gasteiger partial charge >= 0.3 is 0 Å². The number of anilines is 1. The first kappa shape index (κ1) is 16.8. The highest BCUT2D eigenvalue weighted by molar-refractivity contribution is 5.61. The van der Waals surface area contributed by atoms with Gasteiger partial charge in [0.25, 0.3) is 0 Å². The van der Waals surface area contributed by atoms with Gasteiger partial charge in [-0.1, -0.05) is 19.9 Å². The van der Waals surface area contributed by atoms with E-state index in [1.54, 1.807) is 7.11 Å². The van der Waals surface area contributed by atoms with Gasteiger partial charge in [-0.15, -0.1) is 0 Å². The second kappa shape index (κ2) is 8.15. The molecule has 0 fully saturated rings. The lowest BCUT2D eigenvalue weighted by Gasteiger charge is -2.33. The average Bonchev–Trinajstić information content (AvgIpc) is 2.43. The molecule has 0 saturated carbocycles. The van der Waals surface area contributed by atoms with Crippen molar-refractivity contribution in [2.45, 2.75) is 53.1 Å². The van der Waals surface area contributed by atoms with Gasteiger partial charge in [0.1, 0.15) is 5.75 Å².